The van der Waals surface area contributed by atoms with Crippen LogP contribution in [0.5, 0.6) is 17.2 Å². The van der Waals surface area contributed by atoms with E-state index in [-0.39, 0.29) is 6.61 Å². The Hall–Kier alpha value is -3.22. The average molecular weight is 358 g/mol. The molecule has 0 spiro atoms. The van der Waals surface area contributed by atoms with Crippen LogP contribution in [0.1, 0.15) is 23.7 Å². The highest BCUT2D eigenvalue weighted by Crippen LogP contribution is 2.16. The van der Waals surface area contributed by atoms with Crippen molar-refractivity contribution >= 4 is 11.8 Å². The number of carbonyl (C=O) groups is 2. The highest BCUT2D eigenvalue weighted by molar-refractivity contribution is 5.95. The van der Waals surface area contributed by atoms with Crippen molar-refractivity contribution in [3.8, 4) is 17.2 Å². The van der Waals surface area contributed by atoms with Gasteiger partial charge in [0.2, 0.25) is 0 Å². The highest BCUT2D eigenvalue weighted by Gasteiger charge is 2.09. The first-order valence-electron chi connectivity index (χ1n) is 8.21. The molecule has 2 N–H and O–H groups in total. The summed E-state index contributed by atoms with van der Waals surface area (Å²) in [6.45, 7) is 2.34. The van der Waals surface area contributed by atoms with Crippen LogP contribution in [0.4, 0.5) is 0 Å². The van der Waals surface area contributed by atoms with Crippen molar-refractivity contribution in [2.45, 2.75) is 13.3 Å². The summed E-state index contributed by atoms with van der Waals surface area (Å²) in [5.41, 5.74) is 5.03. The molecule has 0 unspecified atom stereocenters. The van der Waals surface area contributed by atoms with E-state index >= 15 is 0 Å². The van der Waals surface area contributed by atoms with E-state index < -0.39 is 11.8 Å². The van der Waals surface area contributed by atoms with E-state index in [9.17, 15) is 9.59 Å². The summed E-state index contributed by atoms with van der Waals surface area (Å²) in [7, 11) is 1.57. The molecule has 0 fully saturated rings. The third kappa shape index (κ3) is 6.01. The van der Waals surface area contributed by atoms with Crippen LogP contribution in [-0.4, -0.2) is 32.1 Å². The molecule has 0 heterocycles. The van der Waals surface area contributed by atoms with Gasteiger partial charge in [-0.3, -0.25) is 20.4 Å². The van der Waals surface area contributed by atoms with E-state index in [1.807, 2.05) is 6.92 Å². The maximum absolute atomic E-state index is 12.1. The Morgan fingerprint density at radius 1 is 0.923 bits per heavy atom. The largest absolute Gasteiger partial charge is 0.497 e. The molecule has 0 aromatic heterocycles. The molecule has 7 heteroatoms. The van der Waals surface area contributed by atoms with Crippen LogP contribution in [0, 0.1) is 0 Å². The fourth-order valence-corrected chi connectivity index (χ4v) is 2.00. The quantitative estimate of drug-likeness (QED) is 0.708. The summed E-state index contributed by atoms with van der Waals surface area (Å²) < 4.78 is 15.8. The van der Waals surface area contributed by atoms with Gasteiger partial charge in [-0.2, -0.15) is 0 Å². The molecule has 0 saturated carbocycles. The summed E-state index contributed by atoms with van der Waals surface area (Å²) in [5.74, 6) is 0.901. The maximum Gasteiger partial charge on any atom is 0.276 e. The molecule has 0 bridgehead atoms. The number of hydrogen-bond donors (Lipinski definition) is 2. The predicted molar refractivity (Wildman–Crippen MR) is 96.3 cm³/mol. The Morgan fingerprint density at radius 3 is 2.35 bits per heavy atom. The first-order valence-corrected chi connectivity index (χ1v) is 8.21. The smallest absolute Gasteiger partial charge is 0.276 e. The SMILES string of the molecule is CCCOc1cccc(C(=O)NNC(=O)COc2ccc(OC)cc2)c1. The number of hydrazine groups is 1. The van der Waals surface area contributed by atoms with Crippen LogP contribution < -0.4 is 25.1 Å². The average Bonchev–Trinajstić information content (AvgIpc) is 2.69. The number of ether oxygens (including phenoxy) is 3. The van der Waals surface area contributed by atoms with Gasteiger partial charge < -0.3 is 14.2 Å². The van der Waals surface area contributed by atoms with E-state index in [1.54, 1.807) is 55.6 Å². The van der Waals surface area contributed by atoms with Gasteiger partial charge in [0.1, 0.15) is 17.2 Å². The minimum atomic E-state index is -0.479. The highest BCUT2D eigenvalue weighted by atomic mass is 16.5. The minimum absolute atomic E-state index is 0.230. The van der Waals surface area contributed by atoms with E-state index in [0.29, 0.717) is 29.4 Å². The van der Waals surface area contributed by atoms with Crippen molar-refractivity contribution < 1.29 is 23.8 Å². The number of carbonyl (C=O) groups excluding carboxylic acids is 2. The number of amides is 2. The van der Waals surface area contributed by atoms with Crippen molar-refractivity contribution in [2.24, 2.45) is 0 Å². The fourth-order valence-electron chi connectivity index (χ4n) is 2.00. The first kappa shape index (κ1) is 19.1. The third-order valence-electron chi connectivity index (χ3n) is 3.31. The number of nitrogens with one attached hydrogen (secondary N) is 2. The van der Waals surface area contributed by atoms with Crippen molar-refractivity contribution in [2.75, 3.05) is 20.3 Å². The van der Waals surface area contributed by atoms with Gasteiger partial charge in [0.25, 0.3) is 11.8 Å². The molecule has 0 saturated heterocycles. The number of hydrogen-bond acceptors (Lipinski definition) is 5. The van der Waals surface area contributed by atoms with Gasteiger partial charge in [0.05, 0.1) is 13.7 Å². The monoisotopic (exact) mass is 358 g/mol. The molecule has 2 aromatic carbocycles. The van der Waals surface area contributed by atoms with Crippen molar-refractivity contribution in [3.05, 3.63) is 54.1 Å². The van der Waals surface area contributed by atoms with Crippen LogP contribution in [0.15, 0.2) is 48.5 Å². The second-order valence-corrected chi connectivity index (χ2v) is 5.34. The number of methoxy groups -OCH3 is 1. The maximum atomic E-state index is 12.1. The molecule has 2 aromatic rings. The molecular formula is C19H22N2O5. The van der Waals surface area contributed by atoms with Gasteiger partial charge >= 0.3 is 0 Å². The molecule has 7 nitrogen and oxygen atoms in total. The zero-order valence-electron chi connectivity index (χ0n) is 14.8. The normalized spacial score (nSPS) is 9.92. The standard InChI is InChI=1S/C19H22N2O5/c1-3-11-25-17-6-4-5-14(12-17)19(23)21-20-18(22)13-26-16-9-7-15(24-2)8-10-16/h4-10,12H,3,11,13H2,1-2H3,(H,20,22)(H,21,23). The Morgan fingerprint density at radius 2 is 1.65 bits per heavy atom. The van der Waals surface area contributed by atoms with Crippen LogP contribution >= 0.6 is 0 Å². The molecule has 0 aliphatic heterocycles. The lowest BCUT2D eigenvalue weighted by Crippen LogP contribution is -2.43. The van der Waals surface area contributed by atoms with E-state index in [4.69, 9.17) is 14.2 Å². The molecular weight excluding hydrogens is 336 g/mol. The van der Waals surface area contributed by atoms with E-state index in [1.165, 1.54) is 0 Å². The van der Waals surface area contributed by atoms with Crippen molar-refractivity contribution in [1.82, 2.24) is 10.9 Å². The Labute approximate surface area is 152 Å². The van der Waals surface area contributed by atoms with Gasteiger partial charge in [-0.25, -0.2) is 0 Å². The van der Waals surface area contributed by atoms with Crippen LogP contribution in [0.2, 0.25) is 0 Å². The van der Waals surface area contributed by atoms with Gasteiger partial charge in [-0.1, -0.05) is 13.0 Å². The lowest BCUT2D eigenvalue weighted by Gasteiger charge is -2.10. The summed E-state index contributed by atoms with van der Waals surface area (Å²) in [5, 5.41) is 0. The second kappa shape index (κ2) is 9.93. The fraction of sp³-hybridized carbons (Fsp3) is 0.263. The van der Waals surface area contributed by atoms with E-state index in [0.717, 1.165) is 6.42 Å². The molecule has 0 radical (unpaired) electrons. The van der Waals surface area contributed by atoms with Gasteiger partial charge in [-0.05, 0) is 48.9 Å². The zero-order chi connectivity index (χ0) is 18.8. The summed E-state index contributed by atoms with van der Waals surface area (Å²) in [6.07, 6.45) is 0.876. The second-order valence-electron chi connectivity index (χ2n) is 5.34. The Balaban J connectivity index is 1.78. The topological polar surface area (TPSA) is 85.9 Å². The van der Waals surface area contributed by atoms with Gasteiger partial charge in [-0.15, -0.1) is 0 Å². The zero-order valence-corrected chi connectivity index (χ0v) is 14.8. The lowest BCUT2D eigenvalue weighted by atomic mass is 10.2. The molecule has 26 heavy (non-hydrogen) atoms. The molecule has 2 amide bonds. The molecule has 138 valence electrons. The van der Waals surface area contributed by atoms with Crippen LogP contribution in [-0.2, 0) is 4.79 Å². The summed E-state index contributed by atoms with van der Waals surface area (Å²) in [6, 6.07) is 13.6. The number of benzene rings is 2. The van der Waals surface area contributed by atoms with E-state index in [2.05, 4.69) is 10.9 Å². The summed E-state index contributed by atoms with van der Waals surface area (Å²) >= 11 is 0. The Kier molecular flexibility index (Phi) is 7.30. The van der Waals surface area contributed by atoms with Gasteiger partial charge in [0, 0.05) is 5.56 Å². The molecule has 0 aliphatic carbocycles. The summed E-state index contributed by atoms with van der Waals surface area (Å²) in [4.78, 5) is 23.9. The Bertz CT molecular complexity index is 731. The molecule has 0 atom stereocenters. The lowest BCUT2D eigenvalue weighted by molar-refractivity contribution is -0.123. The minimum Gasteiger partial charge on any atom is -0.497 e. The van der Waals surface area contributed by atoms with Crippen LogP contribution in [0.3, 0.4) is 0 Å². The third-order valence-corrected chi connectivity index (χ3v) is 3.31. The first-order chi connectivity index (χ1) is 12.6. The van der Waals surface area contributed by atoms with Crippen molar-refractivity contribution in [1.29, 1.82) is 0 Å². The van der Waals surface area contributed by atoms with Crippen LogP contribution in [0.25, 0.3) is 0 Å². The van der Waals surface area contributed by atoms with Gasteiger partial charge in [0.15, 0.2) is 6.61 Å². The predicted octanol–water partition coefficient (Wildman–Crippen LogP) is 2.32. The number of rotatable bonds is 8. The molecule has 2 rings (SSSR count). The molecule has 0 aliphatic rings. The van der Waals surface area contributed by atoms with Crippen molar-refractivity contribution in [3.63, 3.8) is 0 Å².